The molecule has 9 aliphatic rings. The van der Waals surface area contributed by atoms with Crippen molar-refractivity contribution >= 4 is 47.8 Å². The normalized spacial score (nSPS) is 44.1. The highest BCUT2D eigenvalue weighted by molar-refractivity contribution is 5.69. The Morgan fingerprint density at radius 2 is 1.07 bits per heavy atom. The molecule has 24 atom stereocenters. The zero-order chi connectivity index (χ0) is 63.7. The molecule has 0 amide bonds. The van der Waals surface area contributed by atoms with E-state index in [1.54, 1.807) is 0 Å². The van der Waals surface area contributed by atoms with Crippen molar-refractivity contribution in [1.29, 1.82) is 0 Å². The predicted molar refractivity (Wildman–Crippen MR) is 295 cm³/mol. The van der Waals surface area contributed by atoms with Gasteiger partial charge in [0, 0.05) is 79.6 Å². The van der Waals surface area contributed by atoms with Crippen molar-refractivity contribution in [3.63, 3.8) is 0 Å². The maximum atomic E-state index is 13.5. The molecule has 5 aliphatic heterocycles. The van der Waals surface area contributed by atoms with Crippen LogP contribution in [-0.2, 0) is 114 Å². The van der Waals surface area contributed by atoms with Crippen LogP contribution in [0.15, 0.2) is 11.6 Å². The van der Waals surface area contributed by atoms with Gasteiger partial charge in [0.15, 0.2) is 73.5 Å². The number of hydrogen-bond acceptors (Lipinski definition) is 25. The topological polar surface area (TPSA) is 304 Å². The van der Waals surface area contributed by atoms with Gasteiger partial charge in [0.2, 0.25) is 0 Å². The summed E-state index contributed by atoms with van der Waals surface area (Å²) < 4.78 is 99.2. The molecule has 25 heteroatoms. The number of hydrogen-bond donors (Lipinski definition) is 1. The Morgan fingerprint density at radius 3 is 1.64 bits per heavy atom. The highest BCUT2D eigenvalue weighted by Gasteiger charge is 2.81. The highest BCUT2D eigenvalue weighted by atomic mass is 16.8. The average molecular weight is 1240 g/mol. The number of ether oxygens (including phenoxy) is 16. The summed E-state index contributed by atoms with van der Waals surface area (Å²) >= 11 is 0. The van der Waals surface area contributed by atoms with E-state index in [1.165, 1.54) is 0 Å². The molecular weight excluding hydrogens is 1140 g/mol. The first-order chi connectivity index (χ1) is 40.6. The number of rotatable bonds is 16. The van der Waals surface area contributed by atoms with Crippen LogP contribution < -0.4 is 0 Å². The van der Waals surface area contributed by atoms with Crippen LogP contribution in [0.5, 0.6) is 0 Å². The van der Waals surface area contributed by atoms with Crippen molar-refractivity contribution in [1.82, 2.24) is 0 Å². The fourth-order valence-corrected chi connectivity index (χ4v) is 17.9. The van der Waals surface area contributed by atoms with Crippen molar-refractivity contribution in [3.8, 4) is 0 Å². The molecule has 9 rings (SSSR count). The third-order valence-corrected chi connectivity index (χ3v) is 20.6. The van der Waals surface area contributed by atoms with Crippen molar-refractivity contribution in [2.45, 2.75) is 259 Å². The van der Waals surface area contributed by atoms with Gasteiger partial charge in [-0.15, -0.1) is 0 Å². The quantitative estimate of drug-likeness (QED) is 0.0901. The van der Waals surface area contributed by atoms with Crippen LogP contribution in [0, 0.1) is 45.3 Å². The maximum absolute atomic E-state index is 13.5. The lowest BCUT2D eigenvalue weighted by molar-refractivity contribution is -0.382. The van der Waals surface area contributed by atoms with Gasteiger partial charge in [0.25, 0.3) is 0 Å². The summed E-state index contributed by atoms with van der Waals surface area (Å²) in [5, 5.41) is 12.4. The summed E-state index contributed by atoms with van der Waals surface area (Å²) in [5.74, 6) is -7.23. The predicted octanol–water partition coefficient (Wildman–Crippen LogP) is 5.17. The van der Waals surface area contributed by atoms with Gasteiger partial charge in [-0.1, -0.05) is 39.3 Å². The number of carbonyl (C=O) groups is 8. The Morgan fingerprint density at radius 1 is 0.540 bits per heavy atom. The van der Waals surface area contributed by atoms with Gasteiger partial charge in [0.05, 0.1) is 37.6 Å². The molecule has 5 saturated heterocycles. The number of carbonyl (C=O) groups excluding carboxylic acids is 8. The van der Waals surface area contributed by atoms with E-state index < -0.39 is 164 Å². The van der Waals surface area contributed by atoms with Gasteiger partial charge in [-0.2, -0.15) is 0 Å². The molecule has 0 aromatic heterocycles. The first kappa shape index (κ1) is 66.6. The lowest BCUT2D eigenvalue weighted by Gasteiger charge is -2.70. The standard InChI is InChI=1S/C62H90O25/c1-29(2)22-38-23-60(15,71)53-39-16-17-44-58(13)20-19-45(57(11,12)43(58)18-21-59(44,14)61(39)27-62(53,87-38)75-28-61)84-54-51(82-37(10)70)48(41(26-73-54)77-32(5)65)85-56-52(49(80-35(8)68)46(78-33(6)66)42(83-56)24-72-30(3)63)86-55-50(81-36(9)69)47(79-34(7)67)40(25-74-55)76-31(4)64/h22,38-56,71H,16-21,23-28H2,1-15H3/t38?,39-,40-,41+,42-,43?,44-,45?,46-,47+,48+,49+,50-,51-,52-,53?,54+,55+,56+,58+,59-,60?,61+,62+/m1/s1. The molecular formula is C62H90O25. The summed E-state index contributed by atoms with van der Waals surface area (Å²) in [4.78, 5) is 103. The molecule has 2 bridgehead atoms. The molecule has 0 radical (unpaired) electrons. The van der Waals surface area contributed by atoms with Gasteiger partial charge in [-0.3, -0.25) is 38.4 Å². The zero-order valence-corrected chi connectivity index (χ0v) is 52.8. The van der Waals surface area contributed by atoms with Gasteiger partial charge >= 0.3 is 47.8 Å². The Labute approximate surface area is 507 Å². The molecule has 5 unspecified atom stereocenters. The minimum absolute atomic E-state index is 0.126. The fraction of sp³-hybridized carbons (Fsp3) is 0.839. The van der Waals surface area contributed by atoms with Crippen molar-refractivity contribution < 1.29 is 119 Å². The minimum Gasteiger partial charge on any atom is -0.463 e. The Kier molecular flexibility index (Phi) is 19.2. The van der Waals surface area contributed by atoms with E-state index in [1.807, 2.05) is 20.8 Å². The second kappa shape index (κ2) is 25.1. The van der Waals surface area contributed by atoms with Crippen LogP contribution in [0.1, 0.15) is 155 Å². The maximum Gasteiger partial charge on any atom is 0.303 e. The summed E-state index contributed by atoms with van der Waals surface area (Å²) in [5.41, 5.74) is -0.922. The van der Waals surface area contributed by atoms with E-state index >= 15 is 0 Å². The van der Waals surface area contributed by atoms with Crippen LogP contribution in [0.4, 0.5) is 0 Å². The molecule has 488 valence electrons. The molecule has 0 aromatic carbocycles. The number of allylic oxidation sites excluding steroid dienone is 1. The molecule has 5 heterocycles. The summed E-state index contributed by atoms with van der Waals surface area (Å²) in [6.45, 7) is 23.2. The molecule has 2 spiro atoms. The van der Waals surface area contributed by atoms with Crippen LogP contribution in [0.3, 0.4) is 0 Å². The molecule has 1 N–H and O–H groups in total. The molecule has 4 aliphatic carbocycles. The highest BCUT2D eigenvalue weighted by Crippen LogP contribution is 2.80. The largest absolute Gasteiger partial charge is 0.463 e. The van der Waals surface area contributed by atoms with Gasteiger partial charge in [0.1, 0.15) is 18.8 Å². The number of esters is 8. The van der Waals surface area contributed by atoms with Crippen molar-refractivity contribution in [3.05, 3.63) is 11.6 Å². The van der Waals surface area contributed by atoms with E-state index in [4.69, 9.17) is 75.8 Å². The Balaban J connectivity index is 1.04. The van der Waals surface area contributed by atoms with Crippen LogP contribution in [0.2, 0.25) is 0 Å². The van der Waals surface area contributed by atoms with E-state index in [0.717, 1.165) is 99.5 Å². The third-order valence-electron chi connectivity index (χ3n) is 20.6. The van der Waals surface area contributed by atoms with Crippen LogP contribution in [0.25, 0.3) is 0 Å². The molecule has 0 aromatic rings. The Hall–Kier alpha value is -4.86. The Bertz CT molecular complexity index is 2670. The van der Waals surface area contributed by atoms with E-state index in [9.17, 15) is 43.5 Å². The lowest BCUT2D eigenvalue weighted by atomic mass is 9.35. The van der Waals surface area contributed by atoms with Crippen LogP contribution in [-0.4, -0.2) is 183 Å². The summed E-state index contributed by atoms with van der Waals surface area (Å²) in [6.07, 6.45) is -13.5. The molecule has 25 nitrogen and oxygen atoms in total. The first-order valence-electron chi connectivity index (χ1n) is 30.5. The zero-order valence-electron chi connectivity index (χ0n) is 52.8. The number of fused-ring (bicyclic) bond motifs is 4. The van der Waals surface area contributed by atoms with E-state index in [2.05, 4.69) is 33.8 Å². The van der Waals surface area contributed by atoms with Crippen LogP contribution >= 0.6 is 0 Å². The van der Waals surface area contributed by atoms with Gasteiger partial charge in [-0.25, -0.2) is 0 Å². The minimum atomic E-state index is -1.92. The second-order valence-corrected chi connectivity index (χ2v) is 27.2. The second-order valence-electron chi connectivity index (χ2n) is 27.2. The SMILES string of the molecule is CC(=O)OC[C@H]1O[C@@H](O[C@@H]2[C@@H](OC(C)=O)[C@H](OC3CC[C@@]4(C)C(CC[C@]5(C)[C@@H]4CC[C@@H]4C6C(C)(O)CC(C=C(C)C)O[C@@]67C[C@]45CO7)C3(C)C)OC[C@@H]2OC(C)=O)[C@H](O[C@@H]2OC[C@@H](OC(C)=O)[C@H](OC(C)=O)[C@H]2OC(C)=O)[C@@H](OC(C)=O)[C@@H]1OC(C)=O. The monoisotopic (exact) mass is 1230 g/mol. The number of aliphatic hydroxyl groups is 1. The molecule has 4 saturated carbocycles. The summed E-state index contributed by atoms with van der Waals surface area (Å²) in [6, 6.07) is 0. The molecule has 9 fully saturated rings. The van der Waals surface area contributed by atoms with Gasteiger partial charge in [-0.05, 0) is 93.3 Å². The first-order valence-corrected chi connectivity index (χ1v) is 30.5. The average Bonchev–Trinajstić information content (AvgIpc) is 1.53. The summed E-state index contributed by atoms with van der Waals surface area (Å²) in [7, 11) is 0. The smallest absolute Gasteiger partial charge is 0.303 e. The fourth-order valence-electron chi connectivity index (χ4n) is 17.9. The molecule has 87 heavy (non-hydrogen) atoms. The van der Waals surface area contributed by atoms with E-state index in [0.29, 0.717) is 19.4 Å². The van der Waals surface area contributed by atoms with Gasteiger partial charge < -0.3 is 80.9 Å². The van der Waals surface area contributed by atoms with Crippen molar-refractivity contribution in [2.24, 2.45) is 45.3 Å². The van der Waals surface area contributed by atoms with E-state index in [-0.39, 0.29) is 52.6 Å². The van der Waals surface area contributed by atoms with Crippen molar-refractivity contribution in [2.75, 3.05) is 26.4 Å². The lowest BCUT2D eigenvalue weighted by Crippen LogP contribution is -2.68. The third kappa shape index (κ3) is 12.8.